The maximum atomic E-state index is 13.6. The Morgan fingerprint density at radius 2 is 1.88 bits per heavy atom. The molecule has 0 aliphatic rings. The van der Waals surface area contributed by atoms with Crippen molar-refractivity contribution in [2.75, 3.05) is 13.7 Å². The van der Waals surface area contributed by atoms with Gasteiger partial charge < -0.3 is 4.74 Å². The Balaban J connectivity index is 1.78. The first kappa shape index (κ1) is 22.5. The predicted molar refractivity (Wildman–Crippen MR) is 134 cm³/mol. The third-order valence-electron chi connectivity index (χ3n) is 5.60. The molecule has 5 aromatic rings. The van der Waals surface area contributed by atoms with Gasteiger partial charge in [0.2, 0.25) is 11.5 Å². The highest BCUT2D eigenvalue weighted by Gasteiger charge is 2.26. The van der Waals surface area contributed by atoms with Crippen LogP contribution in [0.4, 0.5) is 0 Å². The van der Waals surface area contributed by atoms with Crippen LogP contribution in [0.25, 0.3) is 33.2 Å². The third kappa shape index (κ3) is 3.94. The lowest BCUT2D eigenvalue weighted by Crippen LogP contribution is -2.31. The second-order valence-electron chi connectivity index (χ2n) is 7.85. The van der Waals surface area contributed by atoms with Gasteiger partial charge in [0, 0.05) is 27.1 Å². The average molecular weight is 496 g/mol. The van der Waals surface area contributed by atoms with Crippen molar-refractivity contribution < 1.29 is 9.72 Å². The van der Waals surface area contributed by atoms with Gasteiger partial charge in [0.15, 0.2) is 5.39 Å². The largest absolute Gasteiger partial charge is 0.385 e. The van der Waals surface area contributed by atoms with Crippen LogP contribution in [-0.2, 0) is 11.3 Å². The van der Waals surface area contributed by atoms with Crippen LogP contribution in [0.15, 0.2) is 52.4 Å². The summed E-state index contributed by atoms with van der Waals surface area (Å²) in [4.78, 5) is 26.5. The smallest absolute Gasteiger partial charge is 0.323 e. The highest BCUT2D eigenvalue weighted by Crippen LogP contribution is 2.25. The minimum atomic E-state index is -0.152. The van der Waals surface area contributed by atoms with E-state index in [1.165, 1.54) is 0 Å². The second-order valence-corrected chi connectivity index (χ2v) is 8.67. The molecule has 5 rings (SSSR count). The van der Waals surface area contributed by atoms with Gasteiger partial charge in [-0.15, -0.1) is 9.78 Å². The number of aryl methyl sites for hydroxylation is 1. The van der Waals surface area contributed by atoms with Crippen LogP contribution in [-0.4, -0.2) is 39.1 Å². The zero-order valence-corrected chi connectivity index (χ0v) is 20.1. The van der Waals surface area contributed by atoms with E-state index in [0.29, 0.717) is 68.7 Å². The summed E-state index contributed by atoms with van der Waals surface area (Å²) in [5.41, 5.74) is 3.50. The van der Waals surface area contributed by atoms with Gasteiger partial charge in [-0.05, 0) is 29.8 Å². The van der Waals surface area contributed by atoms with Crippen molar-refractivity contribution in [3.05, 3.63) is 74.3 Å². The van der Waals surface area contributed by atoms with Gasteiger partial charge in [0.25, 0.3) is 5.65 Å². The van der Waals surface area contributed by atoms with Crippen LogP contribution in [0.2, 0.25) is 10.0 Å². The summed E-state index contributed by atoms with van der Waals surface area (Å²) in [6, 6.07) is 12.8. The van der Waals surface area contributed by atoms with Crippen molar-refractivity contribution in [2.24, 2.45) is 5.10 Å². The Morgan fingerprint density at radius 1 is 1.12 bits per heavy atom. The zero-order valence-electron chi connectivity index (χ0n) is 18.5. The van der Waals surface area contributed by atoms with Crippen molar-refractivity contribution in [3.63, 3.8) is 0 Å². The molecule has 3 aromatic heterocycles. The first-order valence-electron chi connectivity index (χ1n) is 10.7. The van der Waals surface area contributed by atoms with E-state index in [4.69, 9.17) is 37.9 Å². The van der Waals surface area contributed by atoms with E-state index in [-0.39, 0.29) is 5.56 Å². The molecule has 0 atom stereocenters. The Kier molecular flexibility index (Phi) is 6.03. The molecule has 8 nitrogen and oxygen atoms in total. The summed E-state index contributed by atoms with van der Waals surface area (Å²) in [7, 11) is 1.64. The standard InChI is InChI=1S/C24H20Cl2N6O2/c1-14-28-22-20(24(33)31(14)10-5-11-34-2)21-23(30-19-7-4-3-6-18(19)29-21)32(22)27-13-15-8-9-16(25)17(26)12-15/h3-4,6-9,12-13H,5,10-11H2,1-2H3/p+1/b27-13-. The number of aromatic nitrogens is 5. The molecule has 172 valence electrons. The Morgan fingerprint density at radius 3 is 2.62 bits per heavy atom. The third-order valence-corrected chi connectivity index (χ3v) is 6.34. The molecule has 34 heavy (non-hydrogen) atoms. The highest BCUT2D eigenvalue weighted by atomic mass is 35.5. The van der Waals surface area contributed by atoms with Gasteiger partial charge in [0.1, 0.15) is 5.52 Å². The molecular formula is C24H21Cl2N6O2+. The summed E-state index contributed by atoms with van der Waals surface area (Å²) in [5.74, 6) is 0.701. The maximum absolute atomic E-state index is 13.6. The molecule has 0 aliphatic heterocycles. The molecule has 0 saturated heterocycles. The summed E-state index contributed by atoms with van der Waals surface area (Å²) >= 11 is 12.2. The maximum Gasteiger partial charge on any atom is 0.323 e. The fraction of sp³-hybridized carbons (Fsp3) is 0.208. The number of ether oxygens (including phenoxy) is 1. The van der Waals surface area contributed by atoms with Crippen LogP contribution in [0.3, 0.4) is 0 Å². The molecule has 2 aromatic carbocycles. The number of fused-ring (bicyclic) bond motifs is 4. The number of benzene rings is 2. The van der Waals surface area contributed by atoms with E-state index in [1.54, 1.807) is 34.7 Å². The van der Waals surface area contributed by atoms with Crippen LogP contribution in [0.5, 0.6) is 0 Å². The molecule has 10 heteroatoms. The summed E-state index contributed by atoms with van der Waals surface area (Å²) < 4.78 is 8.46. The number of para-hydroxylation sites is 2. The van der Waals surface area contributed by atoms with Gasteiger partial charge >= 0.3 is 5.56 Å². The van der Waals surface area contributed by atoms with Crippen molar-refractivity contribution in [2.45, 2.75) is 19.9 Å². The van der Waals surface area contributed by atoms with E-state index in [9.17, 15) is 4.79 Å². The van der Waals surface area contributed by atoms with Crippen LogP contribution in [0, 0.1) is 6.92 Å². The number of nitrogens with one attached hydrogen (secondary N) is 1. The molecule has 0 saturated carbocycles. The number of halogens is 2. The molecular weight excluding hydrogens is 475 g/mol. The van der Waals surface area contributed by atoms with E-state index < -0.39 is 0 Å². The monoisotopic (exact) mass is 495 g/mol. The van der Waals surface area contributed by atoms with E-state index >= 15 is 0 Å². The number of nitrogens with zero attached hydrogens (tertiary/aromatic N) is 5. The normalized spacial score (nSPS) is 12.0. The van der Waals surface area contributed by atoms with E-state index in [1.807, 2.05) is 37.3 Å². The van der Waals surface area contributed by atoms with Crippen LogP contribution >= 0.6 is 23.2 Å². The summed E-state index contributed by atoms with van der Waals surface area (Å²) in [6.07, 6.45) is 2.35. The molecule has 0 unspecified atom stereocenters. The van der Waals surface area contributed by atoms with Gasteiger partial charge in [-0.3, -0.25) is 0 Å². The van der Waals surface area contributed by atoms with Crippen LogP contribution in [0.1, 0.15) is 17.8 Å². The fourth-order valence-corrected chi connectivity index (χ4v) is 4.25. The molecule has 0 spiro atoms. The second kappa shape index (κ2) is 9.13. The number of hydrogen-bond donors (Lipinski definition) is 0. The molecule has 0 amide bonds. The number of methoxy groups -OCH3 is 1. The lowest BCUT2D eigenvalue weighted by molar-refractivity contribution is -0.368. The molecule has 0 fully saturated rings. The van der Waals surface area contributed by atoms with E-state index in [2.05, 4.69) is 10.1 Å². The first-order chi connectivity index (χ1) is 16.5. The molecule has 0 aliphatic carbocycles. The molecule has 3 heterocycles. The number of H-pyrrole nitrogens is 1. The first-order valence-corrected chi connectivity index (χ1v) is 11.5. The summed E-state index contributed by atoms with van der Waals surface area (Å²) in [5, 5.41) is 5.97. The fourth-order valence-electron chi connectivity index (χ4n) is 3.94. The minimum Gasteiger partial charge on any atom is -0.385 e. The van der Waals surface area contributed by atoms with E-state index in [0.717, 1.165) is 5.56 Å². The van der Waals surface area contributed by atoms with Crippen molar-refractivity contribution in [1.29, 1.82) is 0 Å². The Hall–Kier alpha value is -3.33. The quantitative estimate of drug-likeness (QED) is 0.260. The topological polar surface area (TPSA) is 88.4 Å². The van der Waals surface area contributed by atoms with Gasteiger partial charge in [-0.25, -0.2) is 24.3 Å². The highest BCUT2D eigenvalue weighted by molar-refractivity contribution is 6.42. The van der Waals surface area contributed by atoms with Crippen molar-refractivity contribution in [1.82, 2.24) is 19.2 Å². The van der Waals surface area contributed by atoms with Gasteiger partial charge in [-0.1, -0.05) is 41.4 Å². The van der Waals surface area contributed by atoms with Crippen LogP contribution < -0.4 is 10.5 Å². The van der Waals surface area contributed by atoms with Gasteiger partial charge in [-0.2, -0.15) is 0 Å². The molecule has 0 radical (unpaired) electrons. The predicted octanol–water partition coefficient (Wildman–Crippen LogP) is 4.25. The molecule has 0 bridgehead atoms. The number of hydrogen-bond acceptors (Lipinski definition) is 5. The van der Waals surface area contributed by atoms with Gasteiger partial charge in [0.05, 0.1) is 33.8 Å². The Bertz CT molecular complexity index is 1640. The summed E-state index contributed by atoms with van der Waals surface area (Å²) in [6.45, 7) is 2.94. The lowest BCUT2D eigenvalue weighted by Gasteiger charge is -2.04. The zero-order chi connectivity index (χ0) is 23.8. The average Bonchev–Trinajstić information content (AvgIpc) is 3.12. The lowest BCUT2D eigenvalue weighted by atomic mass is 10.2. The van der Waals surface area contributed by atoms with Crippen molar-refractivity contribution >= 4 is 62.6 Å². The Labute approximate surface area is 204 Å². The number of aromatic amines is 1. The van der Waals surface area contributed by atoms with Crippen molar-refractivity contribution in [3.8, 4) is 0 Å². The molecule has 1 N–H and O–H groups in total. The minimum absolute atomic E-state index is 0.152. The number of rotatable bonds is 6. The SMILES string of the molecule is COCCCn1c(C)[nH+]c2c(c1=O)c1nc3ccccc3nc1n2/N=C\c1ccc(Cl)c(Cl)c1.